The maximum absolute atomic E-state index is 6.38. The van der Waals surface area contributed by atoms with Gasteiger partial charge in [-0.1, -0.05) is 288 Å². The van der Waals surface area contributed by atoms with Crippen LogP contribution in [0, 0.1) is 0 Å². The van der Waals surface area contributed by atoms with E-state index in [0.29, 0.717) is 0 Å². The fraction of sp³-hybridized carbons (Fsp3) is 0.200. The molecule has 0 aliphatic carbocycles. The molecule has 1 fully saturated rings. The molecule has 17 aromatic carbocycles. The Morgan fingerprint density at radius 1 is 0.263 bits per heavy atom. The second kappa shape index (κ2) is 22.1. The minimum absolute atomic E-state index is 0.108. The number of hydrogen-bond donors (Lipinski definition) is 0. The van der Waals surface area contributed by atoms with E-state index in [1.807, 2.05) is 0 Å². The number of fused-ring (bicyclic) bond motifs is 4. The van der Waals surface area contributed by atoms with Gasteiger partial charge in [-0.05, 0) is 254 Å². The summed E-state index contributed by atoms with van der Waals surface area (Å²) >= 11 is 7.00. The molecule has 0 amide bonds. The molecule has 17 aromatic rings. The minimum atomic E-state index is -0.352. The summed E-state index contributed by atoms with van der Waals surface area (Å²) in [5, 5.41) is 31.5. The van der Waals surface area contributed by atoms with Crippen molar-refractivity contribution in [2.24, 2.45) is 0 Å². The van der Waals surface area contributed by atoms with E-state index < -0.39 is 0 Å². The van der Waals surface area contributed by atoms with Crippen LogP contribution in [0.3, 0.4) is 0 Å². The molecule has 0 bridgehead atoms. The molecule has 0 N–H and O–H groups in total. The maximum Gasteiger partial charge on any atom is 0.495 e. The number of rotatable bonds is 3. The van der Waals surface area contributed by atoms with Crippen LogP contribution in [0.25, 0.3) is 152 Å². The summed E-state index contributed by atoms with van der Waals surface area (Å²) in [5.74, 6) is 0. The number of halogens is 2. The van der Waals surface area contributed by atoms with Gasteiger partial charge in [0.1, 0.15) is 0 Å². The van der Waals surface area contributed by atoms with Gasteiger partial charge in [0.15, 0.2) is 0 Å². The van der Waals surface area contributed by atoms with Gasteiger partial charge in [-0.2, -0.15) is 0 Å². The monoisotopic (exact) mass is 1360 g/mol. The van der Waals surface area contributed by atoms with E-state index in [-0.39, 0.29) is 34.6 Å². The summed E-state index contributed by atoms with van der Waals surface area (Å²) in [6.07, 6.45) is 0. The summed E-state index contributed by atoms with van der Waals surface area (Å²) in [5.41, 5.74) is 10.0. The summed E-state index contributed by atoms with van der Waals surface area (Å²) in [6, 6.07) is 86.6. The molecule has 466 valence electrons. The van der Waals surface area contributed by atoms with Crippen molar-refractivity contribution in [3.05, 3.63) is 256 Å². The Labute approximate surface area is 574 Å². The van der Waals surface area contributed by atoms with Crippen molar-refractivity contribution in [1.29, 1.82) is 0 Å². The molecule has 1 saturated heterocycles. The highest BCUT2D eigenvalue weighted by molar-refractivity contribution is 9.10. The molecule has 5 heteroatoms. The largest absolute Gasteiger partial charge is 0.495 e. The molecule has 18 rings (SSSR count). The smallest absolute Gasteiger partial charge is 0.399 e. The van der Waals surface area contributed by atoms with Crippen LogP contribution in [0.4, 0.5) is 0 Å². The van der Waals surface area contributed by atoms with E-state index in [1.165, 1.54) is 168 Å². The first-order valence-corrected chi connectivity index (χ1v) is 35.2. The number of benzene rings is 17. The average molecular weight is 1360 g/mol. The van der Waals surface area contributed by atoms with Gasteiger partial charge in [-0.15, -0.1) is 0 Å². The van der Waals surface area contributed by atoms with E-state index >= 15 is 0 Å². The van der Waals surface area contributed by atoms with Gasteiger partial charge in [0.05, 0.1) is 11.2 Å². The van der Waals surface area contributed by atoms with Gasteiger partial charge in [0.2, 0.25) is 0 Å². The van der Waals surface area contributed by atoms with Gasteiger partial charge < -0.3 is 9.31 Å². The molecular weight excluding hydrogens is 1280 g/mol. The lowest BCUT2D eigenvalue weighted by molar-refractivity contribution is 0.00578. The highest BCUT2D eigenvalue weighted by Gasteiger charge is 2.52. The lowest BCUT2D eigenvalue weighted by Gasteiger charge is -2.32. The predicted octanol–water partition coefficient (Wildman–Crippen LogP) is 26.3. The second-order valence-electron chi connectivity index (χ2n) is 31.0. The molecule has 0 spiro atoms. The van der Waals surface area contributed by atoms with Gasteiger partial charge in [-0.25, -0.2) is 0 Å². The Bertz CT molecular complexity index is 5620. The van der Waals surface area contributed by atoms with Gasteiger partial charge >= 0.3 is 7.12 Å². The lowest BCUT2D eigenvalue weighted by Crippen LogP contribution is -2.41. The van der Waals surface area contributed by atoms with Crippen molar-refractivity contribution < 1.29 is 9.31 Å². The zero-order valence-electron chi connectivity index (χ0n) is 56.6. The minimum Gasteiger partial charge on any atom is -0.399 e. The number of hydrogen-bond acceptors (Lipinski definition) is 2. The van der Waals surface area contributed by atoms with E-state index in [0.717, 1.165) is 14.4 Å². The molecule has 95 heavy (non-hydrogen) atoms. The standard InChI is InChI=1S/C50H40.C26H29BO2.C14H8Br2/c1-49(2,3)39-25-35-13-7-29-15-19-41(43-21-17-37(27-39)45(35)47(29)43)33-11-9-32-24-34(12-10-31(32)23-33)42-20-16-30-8-14-36-26-40(50(4,5)6)28-38-18-22-44(42)48(30)46(36)38;1-24(2,3)19-14-17-9-8-16-11-13-21(27-28-25(4,5)26(6,7)29-27)20-12-10-18(15-19)22(17)23(16)20;15-11-3-5-13-9(7-11)1-2-10-8-12(16)4-6-14(10)13/h7-28H,1-6H3;8-15H,1-7H3;1-8H. The normalized spacial score (nSPS) is 14.5. The molecule has 0 aromatic heterocycles. The van der Waals surface area contributed by atoms with Crippen LogP contribution in [0.5, 0.6) is 0 Å². The van der Waals surface area contributed by atoms with E-state index in [4.69, 9.17) is 9.31 Å². The van der Waals surface area contributed by atoms with E-state index in [2.05, 4.69) is 352 Å². The molecule has 0 saturated carbocycles. The summed E-state index contributed by atoms with van der Waals surface area (Å²) in [4.78, 5) is 0. The molecule has 0 atom stereocenters. The molecule has 0 unspecified atom stereocenters. The van der Waals surface area contributed by atoms with Crippen LogP contribution in [-0.2, 0) is 25.6 Å². The SMILES string of the molecule is Brc1ccc2c(ccc3cc(Br)ccc32)c1.CC(C)(C)c1cc2ccc3ccc(-c4ccc5cc(-c6ccc7ccc8cc(C(C)(C)C)cc9ccc6c7c89)ccc5c4)c4ccc(c1)c2c34.CC(C)(C)c1cc2ccc3ccc(B4OC(C)(C)C(C)(C)O4)c4ccc(c1)c2c34. The van der Waals surface area contributed by atoms with Crippen molar-refractivity contribution in [1.82, 2.24) is 0 Å². The summed E-state index contributed by atoms with van der Waals surface area (Å²) < 4.78 is 15.0. The summed E-state index contributed by atoms with van der Waals surface area (Å²) in [7, 11) is -0.352. The Kier molecular flexibility index (Phi) is 14.3. The van der Waals surface area contributed by atoms with Crippen LogP contribution in [0.15, 0.2) is 239 Å². The van der Waals surface area contributed by atoms with Gasteiger partial charge in [0.25, 0.3) is 0 Å². The molecule has 1 heterocycles. The Balaban J connectivity index is 0.000000132. The third-order valence-electron chi connectivity index (χ3n) is 21.2. The Morgan fingerprint density at radius 2 is 0.547 bits per heavy atom. The first kappa shape index (κ1) is 61.5. The molecule has 1 aliphatic rings. The first-order chi connectivity index (χ1) is 45.2. The average Bonchev–Trinajstić information content (AvgIpc) is 0.790. The highest BCUT2D eigenvalue weighted by atomic mass is 79.9. The van der Waals surface area contributed by atoms with Crippen LogP contribution in [0.2, 0.25) is 0 Å². The fourth-order valence-corrected chi connectivity index (χ4v) is 15.8. The quantitative estimate of drug-likeness (QED) is 0.130. The Morgan fingerprint density at radius 3 is 0.916 bits per heavy atom. The third-order valence-corrected chi connectivity index (χ3v) is 22.1. The van der Waals surface area contributed by atoms with Crippen molar-refractivity contribution >= 4 is 174 Å². The highest BCUT2D eigenvalue weighted by Crippen LogP contribution is 2.46. The molecule has 2 nitrogen and oxygen atoms in total. The van der Waals surface area contributed by atoms with Gasteiger partial charge in [0, 0.05) is 8.95 Å². The second-order valence-corrected chi connectivity index (χ2v) is 32.8. The molecule has 1 aliphatic heterocycles. The van der Waals surface area contributed by atoms with Crippen molar-refractivity contribution in [3.8, 4) is 22.3 Å². The van der Waals surface area contributed by atoms with E-state index in [1.54, 1.807) is 0 Å². The van der Waals surface area contributed by atoms with Crippen LogP contribution in [0.1, 0.15) is 107 Å². The zero-order chi connectivity index (χ0) is 66.0. The first-order valence-electron chi connectivity index (χ1n) is 33.6. The maximum atomic E-state index is 6.38. The third kappa shape index (κ3) is 10.5. The van der Waals surface area contributed by atoms with E-state index in [9.17, 15) is 0 Å². The summed E-state index contributed by atoms with van der Waals surface area (Å²) in [6.45, 7) is 29.1. The predicted molar refractivity (Wildman–Crippen MR) is 421 cm³/mol. The van der Waals surface area contributed by atoms with Crippen LogP contribution < -0.4 is 5.46 Å². The van der Waals surface area contributed by atoms with Crippen molar-refractivity contribution in [3.63, 3.8) is 0 Å². The lowest BCUT2D eigenvalue weighted by atomic mass is 9.74. The van der Waals surface area contributed by atoms with Crippen molar-refractivity contribution in [2.45, 2.75) is 117 Å². The fourth-order valence-electron chi connectivity index (χ4n) is 15.1. The Hall–Kier alpha value is -8.42. The zero-order valence-corrected chi connectivity index (χ0v) is 59.8. The van der Waals surface area contributed by atoms with Gasteiger partial charge in [-0.3, -0.25) is 0 Å². The van der Waals surface area contributed by atoms with Crippen molar-refractivity contribution in [2.75, 3.05) is 0 Å². The van der Waals surface area contributed by atoms with Crippen LogP contribution in [-0.4, -0.2) is 18.3 Å². The topological polar surface area (TPSA) is 18.5 Å². The molecule has 0 radical (unpaired) electrons. The van der Waals surface area contributed by atoms with Crippen LogP contribution >= 0.6 is 31.9 Å². The molecular formula is C90H77BBr2O2.